The van der Waals surface area contributed by atoms with Crippen LogP contribution < -0.4 is 16.0 Å². The highest BCUT2D eigenvalue weighted by Crippen LogP contribution is 2.35. The van der Waals surface area contributed by atoms with Gasteiger partial charge in [0, 0.05) is 48.5 Å². The maximum absolute atomic E-state index is 15.2. The van der Waals surface area contributed by atoms with Crippen molar-refractivity contribution < 1.29 is 4.39 Å². The molecule has 2 aliphatic rings. The van der Waals surface area contributed by atoms with E-state index in [0.717, 1.165) is 43.1 Å². The van der Waals surface area contributed by atoms with E-state index in [4.69, 9.17) is 34.3 Å². The Labute approximate surface area is 233 Å². The topological polar surface area (TPSA) is 90.9 Å². The lowest BCUT2D eigenvalue weighted by Gasteiger charge is -2.51. The largest absolute Gasteiger partial charge is 0.398 e. The zero-order valence-corrected chi connectivity index (χ0v) is 23.2. The predicted molar refractivity (Wildman–Crippen MR) is 153 cm³/mol. The van der Waals surface area contributed by atoms with Crippen molar-refractivity contribution in [3.05, 3.63) is 81.0 Å². The first-order valence-corrected chi connectivity index (χ1v) is 13.9. The molecule has 0 unspecified atom stereocenters. The van der Waals surface area contributed by atoms with Crippen LogP contribution in [0.25, 0.3) is 0 Å². The highest BCUT2D eigenvalue weighted by molar-refractivity contribution is 6.35. The van der Waals surface area contributed by atoms with Gasteiger partial charge in [-0.3, -0.25) is 10.4 Å². The fraction of sp³-hybridized carbons (Fsp3) is 0.414. The number of nitrogens with one attached hydrogen (secondary N) is 2. The smallest absolute Gasteiger partial charge is 0.166 e. The lowest BCUT2D eigenvalue weighted by atomic mass is 9.86. The van der Waals surface area contributed by atoms with Crippen LogP contribution in [0, 0.1) is 17.1 Å². The van der Waals surface area contributed by atoms with Gasteiger partial charge in [0.1, 0.15) is 0 Å². The average Bonchev–Trinajstić information content (AvgIpc) is 3.69. The molecule has 1 atom stereocenters. The molecule has 1 aliphatic carbocycles. The third-order valence-electron chi connectivity index (χ3n) is 7.85. The molecule has 0 bridgehead atoms. The zero-order chi connectivity index (χ0) is 27.0. The van der Waals surface area contributed by atoms with Crippen molar-refractivity contribution in [2.75, 3.05) is 30.3 Å². The first-order chi connectivity index (χ1) is 18.2. The Morgan fingerprint density at radius 2 is 1.92 bits per heavy atom. The fourth-order valence-corrected chi connectivity index (χ4v) is 5.96. The Morgan fingerprint density at radius 3 is 2.55 bits per heavy atom. The zero-order valence-electron chi connectivity index (χ0n) is 21.7. The molecule has 3 heterocycles. The second-order valence-corrected chi connectivity index (χ2v) is 11.6. The van der Waals surface area contributed by atoms with Gasteiger partial charge in [-0.25, -0.2) is 9.37 Å². The number of nitrogens with zero attached hydrogens (tertiary/aromatic N) is 3. The van der Waals surface area contributed by atoms with Crippen LogP contribution in [0.2, 0.25) is 10.0 Å². The van der Waals surface area contributed by atoms with Gasteiger partial charge in [0.25, 0.3) is 0 Å². The van der Waals surface area contributed by atoms with E-state index < -0.39 is 5.82 Å². The van der Waals surface area contributed by atoms with Crippen molar-refractivity contribution in [2.45, 2.75) is 51.0 Å². The summed E-state index contributed by atoms with van der Waals surface area (Å²) in [6, 6.07) is 6.96. The number of halogens is 3. The average molecular weight is 556 g/mol. The summed E-state index contributed by atoms with van der Waals surface area (Å²) in [5.74, 6) is 0.727. The number of hydrogen-bond acceptors (Lipinski definition) is 6. The molecule has 1 aromatic carbocycles. The van der Waals surface area contributed by atoms with Gasteiger partial charge in [-0.1, -0.05) is 43.1 Å². The minimum atomic E-state index is -0.426. The van der Waals surface area contributed by atoms with Gasteiger partial charge in [0.15, 0.2) is 11.6 Å². The number of hydrogen-bond donors (Lipinski definition) is 3. The molecule has 0 amide bonds. The summed E-state index contributed by atoms with van der Waals surface area (Å²) in [6.45, 7) is 6.71. The number of benzene rings is 1. The summed E-state index contributed by atoms with van der Waals surface area (Å²) in [7, 11) is 0. The molecule has 5 rings (SSSR count). The first-order valence-electron chi connectivity index (χ1n) is 13.1. The summed E-state index contributed by atoms with van der Waals surface area (Å²) in [4.78, 5) is 10.4. The highest BCUT2D eigenvalue weighted by Gasteiger charge is 2.43. The number of nitrogen functional groups attached to an aromatic ring is 1. The third kappa shape index (κ3) is 5.51. The third-order valence-corrected chi connectivity index (χ3v) is 8.45. The van der Waals surface area contributed by atoms with E-state index >= 15 is 4.39 Å². The summed E-state index contributed by atoms with van der Waals surface area (Å²) in [5, 5.41) is 13.5. The molecule has 2 fully saturated rings. The standard InChI is InChI=1S/C29H33Cl2FN6/c1-3-29(37-11-18-4-5-18)15-38(16-29)28-24(32)10-20(12-36-28)27(34)21-9-19(6-7-25(21)33)8-17(2)26-22(30)13-35-14-23(26)31/h6-7,9-10,12-14,17-18,34,37H,3-5,8,11,15-16,33H2,1-2H3/t17-/m0/s1. The molecule has 38 heavy (non-hydrogen) atoms. The maximum Gasteiger partial charge on any atom is 0.166 e. The number of pyridine rings is 2. The quantitative estimate of drug-likeness (QED) is 0.204. The summed E-state index contributed by atoms with van der Waals surface area (Å²) in [6.07, 6.45) is 8.98. The Kier molecular flexibility index (Phi) is 7.63. The lowest BCUT2D eigenvalue weighted by Crippen LogP contribution is -2.69. The molecule has 2 aromatic heterocycles. The van der Waals surface area contributed by atoms with Gasteiger partial charge < -0.3 is 16.0 Å². The van der Waals surface area contributed by atoms with Crippen molar-refractivity contribution in [3.63, 3.8) is 0 Å². The minimum Gasteiger partial charge on any atom is -0.398 e. The van der Waals surface area contributed by atoms with Crippen LogP contribution in [0.3, 0.4) is 0 Å². The molecule has 1 aliphatic heterocycles. The van der Waals surface area contributed by atoms with Gasteiger partial charge in [-0.05, 0) is 73.4 Å². The van der Waals surface area contributed by atoms with E-state index in [1.54, 1.807) is 24.7 Å². The van der Waals surface area contributed by atoms with Gasteiger partial charge in [-0.2, -0.15) is 0 Å². The lowest BCUT2D eigenvalue weighted by molar-refractivity contribution is 0.240. The van der Waals surface area contributed by atoms with Gasteiger partial charge in [0.05, 0.1) is 21.3 Å². The SMILES string of the molecule is CCC1(NCC2CC2)CN(c2ncc(C(=N)c3cc(C[C@H](C)c4c(Cl)cncc4Cl)ccc3N)cc2F)C1. The van der Waals surface area contributed by atoms with Gasteiger partial charge in [0.2, 0.25) is 0 Å². The van der Waals surface area contributed by atoms with Crippen LogP contribution in [0.4, 0.5) is 15.9 Å². The van der Waals surface area contributed by atoms with Crippen molar-refractivity contribution >= 4 is 40.4 Å². The van der Waals surface area contributed by atoms with E-state index in [2.05, 4.69) is 22.2 Å². The number of nitrogens with two attached hydrogens (primary N) is 1. The van der Waals surface area contributed by atoms with Crippen molar-refractivity contribution in [3.8, 4) is 0 Å². The second-order valence-electron chi connectivity index (χ2n) is 10.8. The molecule has 3 aromatic rings. The monoisotopic (exact) mass is 554 g/mol. The van der Waals surface area contributed by atoms with Gasteiger partial charge >= 0.3 is 0 Å². The summed E-state index contributed by atoms with van der Waals surface area (Å²) < 4.78 is 15.2. The van der Waals surface area contributed by atoms with Crippen molar-refractivity contribution in [2.24, 2.45) is 5.92 Å². The molecule has 1 saturated heterocycles. The predicted octanol–water partition coefficient (Wildman–Crippen LogP) is 6.24. The normalized spacial score (nSPS) is 17.2. The fourth-order valence-electron chi connectivity index (χ4n) is 5.23. The Morgan fingerprint density at radius 1 is 1.21 bits per heavy atom. The van der Waals surface area contributed by atoms with Crippen LogP contribution in [-0.4, -0.2) is 40.9 Å². The molecule has 0 radical (unpaired) electrons. The molecule has 9 heteroatoms. The Balaban J connectivity index is 1.30. The molecule has 0 spiro atoms. The Bertz CT molecular complexity index is 1330. The van der Waals surface area contributed by atoms with Crippen LogP contribution in [0.5, 0.6) is 0 Å². The summed E-state index contributed by atoms with van der Waals surface area (Å²) >= 11 is 12.7. The molecule has 6 nitrogen and oxygen atoms in total. The number of aromatic nitrogens is 2. The number of rotatable bonds is 10. The molecule has 4 N–H and O–H groups in total. The van der Waals surface area contributed by atoms with Crippen molar-refractivity contribution in [1.29, 1.82) is 5.41 Å². The molecular weight excluding hydrogens is 522 g/mol. The molecular formula is C29H33Cl2FN6. The first kappa shape index (κ1) is 26.9. The molecule has 1 saturated carbocycles. The Hall–Kier alpha value is -2.74. The molecule has 200 valence electrons. The van der Waals surface area contributed by atoms with E-state index in [-0.39, 0.29) is 17.2 Å². The van der Waals surface area contributed by atoms with Crippen LogP contribution in [0.1, 0.15) is 61.3 Å². The highest BCUT2D eigenvalue weighted by atomic mass is 35.5. The van der Waals surface area contributed by atoms with Gasteiger partial charge in [-0.15, -0.1) is 0 Å². The van der Waals surface area contributed by atoms with Crippen LogP contribution >= 0.6 is 23.2 Å². The van der Waals surface area contributed by atoms with Crippen LogP contribution in [-0.2, 0) is 6.42 Å². The van der Waals surface area contributed by atoms with E-state index in [1.807, 2.05) is 24.0 Å². The second kappa shape index (κ2) is 10.8. The van der Waals surface area contributed by atoms with E-state index in [9.17, 15) is 0 Å². The van der Waals surface area contributed by atoms with Crippen molar-refractivity contribution in [1.82, 2.24) is 15.3 Å². The number of anilines is 2. The van der Waals surface area contributed by atoms with E-state index in [0.29, 0.717) is 39.1 Å². The van der Waals surface area contributed by atoms with Crippen LogP contribution in [0.15, 0.2) is 42.9 Å². The summed E-state index contributed by atoms with van der Waals surface area (Å²) in [5.41, 5.74) is 9.58. The minimum absolute atomic E-state index is 0.0209. The maximum atomic E-state index is 15.2. The van der Waals surface area contributed by atoms with E-state index in [1.165, 1.54) is 18.9 Å².